The molecule has 3 aromatic heterocycles. The fraction of sp³-hybridized carbons (Fsp3) is 0.0476. The molecule has 2 amide bonds. The van der Waals surface area contributed by atoms with Crippen LogP contribution in [0.1, 0.15) is 26.4 Å². The average molecular weight is 403 g/mol. The van der Waals surface area contributed by atoms with E-state index < -0.39 is 0 Å². The minimum Gasteiger partial charge on any atom is -0.321 e. The van der Waals surface area contributed by atoms with Crippen LogP contribution in [0.4, 0.5) is 11.5 Å². The maximum Gasteiger partial charge on any atom is 0.258 e. The van der Waals surface area contributed by atoms with E-state index in [0.29, 0.717) is 29.2 Å². The Balaban J connectivity index is 1.46. The van der Waals surface area contributed by atoms with Gasteiger partial charge in [0.05, 0.1) is 29.1 Å². The first-order valence-electron chi connectivity index (χ1n) is 8.86. The molecule has 0 aliphatic carbocycles. The number of rotatable bonds is 6. The van der Waals surface area contributed by atoms with E-state index in [-0.39, 0.29) is 11.8 Å². The normalized spacial score (nSPS) is 10.5. The Labute approximate surface area is 171 Å². The van der Waals surface area contributed by atoms with Crippen LogP contribution in [-0.4, -0.2) is 26.6 Å². The van der Waals surface area contributed by atoms with Gasteiger partial charge in [-0.2, -0.15) is 16.4 Å². The van der Waals surface area contributed by atoms with Gasteiger partial charge in [-0.1, -0.05) is 18.2 Å². The second-order valence-electron chi connectivity index (χ2n) is 6.19. The molecule has 0 saturated heterocycles. The molecule has 4 rings (SSSR count). The molecule has 8 heteroatoms. The number of carbonyl (C=O) groups is 2. The molecule has 0 atom stereocenters. The number of pyridine rings is 1. The highest BCUT2D eigenvalue weighted by atomic mass is 32.1. The molecule has 0 saturated carbocycles. The number of nitrogens with one attached hydrogen (secondary N) is 2. The number of amides is 2. The van der Waals surface area contributed by atoms with E-state index in [4.69, 9.17) is 0 Å². The lowest BCUT2D eigenvalue weighted by atomic mass is 10.1. The Morgan fingerprint density at radius 1 is 0.966 bits per heavy atom. The second-order valence-corrected chi connectivity index (χ2v) is 6.97. The van der Waals surface area contributed by atoms with E-state index in [9.17, 15) is 9.59 Å². The lowest BCUT2D eigenvalue weighted by Crippen LogP contribution is -2.18. The van der Waals surface area contributed by atoms with Crippen LogP contribution in [0.25, 0.3) is 0 Å². The summed E-state index contributed by atoms with van der Waals surface area (Å²) in [5.41, 5.74) is 2.22. The number of aromatic nitrogens is 3. The third-order valence-electron chi connectivity index (χ3n) is 4.14. The summed E-state index contributed by atoms with van der Waals surface area (Å²) in [7, 11) is 0. The summed E-state index contributed by atoms with van der Waals surface area (Å²) in [4.78, 5) is 29.3. The Morgan fingerprint density at radius 2 is 1.83 bits per heavy atom. The van der Waals surface area contributed by atoms with E-state index in [1.54, 1.807) is 58.9 Å². The summed E-state index contributed by atoms with van der Waals surface area (Å²) in [5.74, 6) is -0.190. The summed E-state index contributed by atoms with van der Waals surface area (Å²) in [6.45, 7) is 0.504. The summed E-state index contributed by atoms with van der Waals surface area (Å²) >= 11 is 1.44. The summed E-state index contributed by atoms with van der Waals surface area (Å²) in [6, 6.07) is 16.0. The van der Waals surface area contributed by atoms with Gasteiger partial charge >= 0.3 is 0 Å². The quantitative estimate of drug-likeness (QED) is 0.511. The molecule has 29 heavy (non-hydrogen) atoms. The van der Waals surface area contributed by atoms with E-state index in [1.807, 2.05) is 23.6 Å². The van der Waals surface area contributed by atoms with Gasteiger partial charge in [-0.15, -0.1) is 0 Å². The minimum absolute atomic E-state index is 0.258. The van der Waals surface area contributed by atoms with Crippen LogP contribution >= 0.6 is 11.3 Å². The Hall–Kier alpha value is -3.78. The van der Waals surface area contributed by atoms with Gasteiger partial charge in [-0.25, -0.2) is 0 Å². The Morgan fingerprint density at radius 3 is 2.62 bits per heavy atom. The lowest BCUT2D eigenvalue weighted by Gasteiger charge is -2.10. The second kappa shape index (κ2) is 8.49. The molecule has 4 aromatic rings. The molecule has 7 nitrogen and oxygen atoms in total. The van der Waals surface area contributed by atoms with Crippen LogP contribution in [0, 0.1) is 0 Å². The van der Waals surface area contributed by atoms with Crippen molar-refractivity contribution in [3.63, 3.8) is 0 Å². The average Bonchev–Trinajstić information content (AvgIpc) is 3.42. The van der Waals surface area contributed by atoms with E-state index in [1.165, 1.54) is 11.3 Å². The first kappa shape index (κ1) is 18.6. The molecule has 0 unspecified atom stereocenters. The number of hydrogen-bond acceptors (Lipinski definition) is 5. The smallest absolute Gasteiger partial charge is 0.258 e. The van der Waals surface area contributed by atoms with Gasteiger partial charge in [0.25, 0.3) is 11.8 Å². The third-order valence-corrected chi connectivity index (χ3v) is 4.82. The number of carbonyl (C=O) groups excluding carboxylic acids is 2. The molecule has 144 valence electrons. The summed E-state index contributed by atoms with van der Waals surface area (Å²) < 4.78 is 1.70. The molecule has 3 heterocycles. The zero-order valence-corrected chi connectivity index (χ0v) is 16.1. The fourth-order valence-corrected chi connectivity index (χ4v) is 3.37. The van der Waals surface area contributed by atoms with Gasteiger partial charge in [0.15, 0.2) is 5.82 Å². The maximum atomic E-state index is 12.7. The zero-order valence-electron chi connectivity index (χ0n) is 15.3. The van der Waals surface area contributed by atoms with Crippen LogP contribution in [0.3, 0.4) is 0 Å². The number of hydrogen-bond donors (Lipinski definition) is 2. The fourth-order valence-electron chi connectivity index (χ4n) is 2.74. The SMILES string of the molecule is O=C(Nc1ccccc1C(=O)Nc1ccn(Cc2ccccn2)n1)c1ccsc1. The molecule has 1 aromatic carbocycles. The molecule has 0 aliphatic rings. The van der Waals surface area contributed by atoms with Crippen molar-refractivity contribution in [2.75, 3.05) is 10.6 Å². The predicted molar refractivity (Wildman–Crippen MR) is 112 cm³/mol. The Bertz CT molecular complexity index is 1120. The van der Waals surface area contributed by atoms with Gasteiger partial charge in [-0.05, 0) is 35.7 Å². The van der Waals surface area contributed by atoms with E-state index >= 15 is 0 Å². The van der Waals surface area contributed by atoms with E-state index in [0.717, 1.165) is 5.69 Å². The summed E-state index contributed by atoms with van der Waals surface area (Å²) in [6.07, 6.45) is 3.50. The molecule has 0 bridgehead atoms. The van der Waals surface area contributed by atoms with Crippen molar-refractivity contribution in [3.8, 4) is 0 Å². The van der Waals surface area contributed by atoms with Crippen molar-refractivity contribution in [3.05, 3.63) is 94.6 Å². The standard InChI is InChI=1S/C21H17N5O2S/c27-20(15-9-12-29-14-15)23-18-7-2-1-6-17(18)21(28)24-19-8-11-26(25-19)13-16-5-3-4-10-22-16/h1-12,14H,13H2,(H,23,27)(H,24,25,28). The predicted octanol–water partition coefficient (Wildman–Crippen LogP) is 3.89. The van der Waals surface area contributed by atoms with Crippen molar-refractivity contribution in [1.29, 1.82) is 0 Å². The number of para-hydroxylation sites is 1. The zero-order chi connectivity index (χ0) is 20.1. The van der Waals surface area contributed by atoms with Crippen molar-refractivity contribution in [1.82, 2.24) is 14.8 Å². The number of benzene rings is 1. The first-order chi connectivity index (χ1) is 14.2. The van der Waals surface area contributed by atoms with Gasteiger partial charge < -0.3 is 10.6 Å². The Kier molecular flexibility index (Phi) is 5.44. The van der Waals surface area contributed by atoms with Crippen LogP contribution in [0.15, 0.2) is 77.8 Å². The summed E-state index contributed by atoms with van der Waals surface area (Å²) in [5, 5.41) is 13.5. The van der Waals surface area contributed by atoms with Crippen LogP contribution in [0.2, 0.25) is 0 Å². The minimum atomic E-state index is -0.352. The van der Waals surface area contributed by atoms with Crippen molar-refractivity contribution in [2.45, 2.75) is 6.54 Å². The molecular formula is C21H17N5O2S. The number of thiophene rings is 1. The van der Waals surface area contributed by atoms with Gasteiger partial charge in [0.2, 0.25) is 0 Å². The first-order valence-corrected chi connectivity index (χ1v) is 9.80. The van der Waals surface area contributed by atoms with Crippen LogP contribution < -0.4 is 10.6 Å². The number of nitrogens with zero attached hydrogens (tertiary/aromatic N) is 3. The van der Waals surface area contributed by atoms with Gasteiger partial charge in [-0.3, -0.25) is 19.3 Å². The van der Waals surface area contributed by atoms with Crippen LogP contribution in [0.5, 0.6) is 0 Å². The highest BCUT2D eigenvalue weighted by molar-refractivity contribution is 7.08. The lowest BCUT2D eigenvalue weighted by molar-refractivity contribution is 0.102. The molecule has 0 radical (unpaired) electrons. The topological polar surface area (TPSA) is 88.9 Å². The van der Waals surface area contributed by atoms with Gasteiger partial charge in [0.1, 0.15) is 0 Å². The van der Waals surface area contributed by atoms with Crippen LogP contribution in [-0.2, 0) is 6.54 Å². The molecular weight excluding hydrogens is 386 g/mol. The molecule has 0 fully saturated rings. The maximum absolute atomic E-state index is 12.7. The number of anilines is 2. The van der Waals surface area contributed by atoms with Crippen molar-refractivity contribution < 1.29 is 9.59 Å². The largest absolute Gasteiger partial charge is 0.321 e. The van der Waals surface area contributed by atoms with Gasteiger partial charge in [0, 0.05) is 23.8 Å². The van der Waals surface area contributed by atoms with E-state index in [2.05, 4.69) is 20.7 Å². The van der Waals surface area contributed by atoms with Crippen molar-refractivity contribution in [2.24, 2.45) is 0 Å². The third kappa shape index (κ3) is 4.56. The molecule has 0 spiro atoms. The highest BCUT2D eigenvalue weighted by Gasteiger charge is 2.15. The molecule has 0 aliphatic heterocycles. The molecule has 2 N–H and O–H groups in total. The highest BCUT2D eigenvalue weighted by Crippen LogP contribution is 2.19. The monoisotopic (exact) mass is 403 g/mol. The van der Waals surface area contributed by atoms with Crippen molar-refractivity contribution >= 4 is 34.7 Å².